The summed E-state index contributed by atoms with van der Waals surface area (Å²) in [6.07, 6.45) is 0. The van der Waals surface area contributed by atoms with Gasteiger partial charge in [-0.05, 0) is 24.3 Å². The van der Waals surface area contributed by atoms with Crippen LogP contribution in [-0.2, 0) is 6.61 Å². The zero-order valence-electron chi connectivity index (χ0n) is 10.9. The van der Waals surface area contributed by atoms with Crippen LogP contribution in [0.2, 0.25) is 0 Å². The molecule has 6 nitrogen and oxygen atoms in total. The van der Waals surface area contributed by atoms with E-state index in [9.17, 15) is 10.2 Å². The molecule has 2 aromatic carbocycles. The van der Waals surface area contributed by atoms with E-state index in [4.69, 9.17) is 9.26 Å². The molecule has 0 saturated carbocycles. The number of aromatic hydroxyl groups is 2. The Morgan fingerprint density at radius 2 is 1.81 bits per heavy atom. The van der Waals surface area contributed by atoms with Crippen molar-refractivity contribution in [2.75, 3.05) is 0 Å². The number of para-hydroxylation sites is 2. The van der Waals surface area contributed by atoms with Crippen LogP contribution >= 0.6 is 0 Å². The van der Waals surface area contributed by atoms with Gasteiger partial charge in [0.1, 0.15) is 5.75 Å². The van der Waals surface area contributed by atoms with Crippen molar-refractivity contribution in [3.05, 3.63) is 54.4 Å². The van der Waals surface area contributed by atoms with Gasteiger partial charge in [-0.15, -0.1) is 0 Å². The second-order valence-electron chi connectivity index (χ2n) is 4.29. The molecule has 0 aliphatic rings. The summed E-state index contributed by atoms with van der Waals surface area (Å²) in [6, 6.07) is 13.8. The molecule has 0 radical (unpaired) electrons. The molecule has 0 atom stereocenters. The van der Waals surface area contributed by atoms with Gasteiger partial charge in [0, 0.05) is 0 Å². The average Bonchev–Trinajstić information content (AvgIpc) is 2.98. The minimum absolute atomic E-state index is 0.120. The standard InChI is InChI=1S/C15H12N2O4/c18-12-8-4-7-11(14(12)19)15-16-13(17-21-15)9-20-10-5-2-1-3-6-10/h1-8,18-19H,9H2. The van der Waals surface area contributed by atoms with Gasteiger partial charge in [-0.25, -0.2) is 0 Å². The van der Waals surface area contributed by atoms with Gasteiger partial charge in [-0.2, -0.15) is 4.98 Å². The Balaban J connectivity index is 1.76. The molecule has 21 heavy (non-hydrogen) atoms. The zero-order chi connectivity index (χ0) is 14.7. The second kappa shape index (κ2) is 5.54. The molecule has 0 aliphatic carbocycles. The average molecular weight is 284 g/mol. The molecule has 6 heteroatoms. The van der Waals surface area contributed by atoms with Gasteiger partial charge in [0.05, 0.1) is 5.56 Å². The van der Waals surface area contributed by atoms with Gasteiger partial charge in [0.25, 0.3) is 5.89 Å². The predicted molar refractivity (Wildman–Crippen MR) is 73.8 cm³/mol. The molecule has 0 unspecified atom stereocenters. The number of benzene rings is 2. The van der Waals surface area contributed by atoms with Crippen molar-refractivity contribution in [3.8, 4) is 28.7 Å². The first-order valence-electron chi connectivity index (χ1n) is 6.26. The van der Waals surface area contributed by atoms with Crippen LogP contribution in [0.15, 0.2) is 53.1 Å². The first-order chi connectivity index (χ1) is 10.2. The summed E-state index contributed by atoms with van der Waals surface area (Å²) in [4.78, 5) is 4.12. The van der Waals surface area contributed by atoms with Gasteiger partial charge in [0.2, 0.25) is 5.82 Å². The summed E-state index contributed by atoms with van der Waals surface area (Å²) in [7, 11) is 0. The number of phenolic OH excluding ortho intramolecular Hbond substituents is 2. The molecule has 0 amide bonds. The van der Waals surface area contributed by atoms with Crippen molar-refractivity contribution in [1.29, 1.82) is 0 Å². The third-order valence-corrected chi connectivity index (χ3v) is 2.82. The predicted octanol–water partition coefficient (Wildman–Crippen LogP) is 2.73. The minimum atomic E-state index is -0.295. The summed E-state index contributed by atoms with van der Waals surface area (Å²) >= 11 is 0. The molecular weight excluding hydrogens is 272 g/mol. The lowest BCUT2D eigenvalue weighted by atomic mass is 10.2. The van der Waals surface area contributed by atoms with Crippen LogP contribution in [-0.4, -0.2) is 20.4 Å². The van der Waals surface area contributed by atoms with E-state index in [1.165, 1.54) is 6.07 Å². The van der Waals surface area contributed by atoms with Gasteiger partial charge < -0.3 is 19.5 Å². The van der Waals surface area contributed by atoms with E-state index < -0.39 is 0 Å². The first kappa shape index (κ1) is 13.0. The molecule has 0 spiro atoms. The topological polar surface area (TPSA) is 88.6 Å². The molecule has 106 valence electrons. The van der Waals surface area contributed by atoms with E-state index in [1.54, 1.807) is 12.1 Å². The Kier molecular flexibility index (Phi) is 3.42. The fourth-order valence-corrected chi connectivity index (χ4v) is 1.79. The molecule has 2 N–H and O–H groups in total. The normalized spacial score (nSPS) is 10.5. The van der Waals surface area contributed by atoms with Crippen LogP contribution in [0.5, 0.6) is 17.2 Å². The van der Waals surface area contributed by atoms with E-state index in [0.29, 0.717) is 11.6 Å². The lowest BCUT2D eigenvalue weighted by Gasteiger charge is -2.01. The molecule has 1 heterocycles. The number of nitrogens with zero attached hydrogens (tertiary/aromatic N) is 2. The molecule has 0 fully saturated rings. The third kappa shape index (κ3) is 2.79. The molecule has 3 aromatic rings. The largest absolute Gasteiger partial charge is 0.504 e. The van der Waals surface area contributed by atoms with Crippen LogP contribution in [0.25, 0.3) is 11.5 Å². The Hall–Kier alpha value is -3.02. The highest BCUT2D eigenvalue weighted by molar-refractivity contribution is 5.66. The van der Waals surface area contributed by atoms with Crippen molar-refractivity contribution in [2.45, 2.75) is 6.61 Å². The monoisotopic (exact) mass is 284 g/mol. The Bertz CT molecular complexity index is 740. The lowest BCUT2D eigenvalue weighted by Crippen LogP contribution is -1.97. The summed E-state index contributed by atoms with van der Waals surface area (Å²) in [5, 5.41) is 23.0. The van der Waals surface area contributed by atoms with Crippen molar-refractivity contribution in [2.24, 2.45) is 0 Å². The summed E-state index contributed by atoms with van der Waals surface area (Å²) in [5.74, 6) is 0.625. The molecule has 0 saturated heterocycles. The van der Waals surface area contributed by atoms with Crippen LogP contribution < -0.4 is 4.74 Å². The Morgan fingerprint density at radius 1 is 1.00 bits per heavy atom. The molecular formula is C15H12N2O4. The highest BCUT2D eigenvalue weighted by atomic mass is 16.5. The van der Waals surface area contributed by atoms with Crippen LogP contribution in [0.3, 0.4) is 0 Å². The number of ether oxygens (including phenoxy) is 1. The molecule has 0 bridgehead atoms. The number of phenols is 2. The van der Waals surface area contributed by atoms with E-state index in [-0.39, 0.29) is 29.6 Å². The smallest absolute Gasteiger partial charge is 0.261 e. The van der Waals surface area contributed by atoms with E-state index in [0.717, 1.165) is 0 Å². The summed E-state index contributed by atoms with van der Waals surface area (Å²) < 4.78 is 10.6. The van der Waals surface area contributed by atoms with E-state index in [2.05, 4.69) is 10.1 Å². The molecule has 3 rings (SSSR count). The summed E-state index contributed by atoms with van der Waals surface area (Å²) in [5.41, 5.74) is 0.272. The van der Waals surface area contributed by atoms with Gasteiger partial charge >= 0.3 is 0 Å². The molecule has 1 aromatic heterocycles. The minimum Gasteiger partial charge on any atom is -0.504 e. The third-order valence-electron chi connectivity index (χ3n) is 2.82. The number of hydrogen-bond donors (Lipinski definition) is 2. The van der Waals surface area contributed by atoms with Crippen molar-refractivity contribution in [1.82, 2.24) is 10.1 Å². The van der Waals surface area contributed by atoms with Crippen LogP contribution in [0.4, 0.5) is 0 Å². The molecule has 0 aliphatic heterocycles. The maximum Gasteiger partial charge on any atom is 0.261 e. The fourth-order valence-electron chi connectivity index (χ4n) is 1.79. The SMILES string of the molecule is Oc1cccc(-c2nc(COc3ccccc3)no2)c1O. The number of rotatable bonds is 4. The van der Waals surface area contributed by atoms with Crippen molar-refractivity contribution in [3.63, 3.8) is 0 Å². The van der Waals surface area contributed by atoms with Crippen molar-refractivity contribution < 1.29 is 19.5 Å². The van der Waals surface area contributed by atoms with E-state index in [1.807, 2.05) is 30.3 Å². The fraction of sp³-hybridized carbons (Fsp3) is 0.0667. The van der Waals surface area contributed by atoms with Crippen molar-refractivity contribution >= 4 is 0 Å². The maximum atomic E-state index is 9.76. The highest BCUT2D eigenvalue weighted by Gasteiger charge is 2.15. The Morgan fingerprint density at radius 3 is 2.62 bits per heavy atom. The number of aromatic nitrogens is 2. The van der Waals surface area contributed by atoms with Gasteiger partial charge in [-0.1, -0.05) is 29.4 Å². The first-order valence-corrected chi connectivity index (χ1v) is 6.26. The Labute approximate surface area is 120 Å². The zero-order valence-corrected chi connectivity index (χ0v) is 10.9. The van der Waals surface area contributed by atoms with Crippen LogP contribution in [0.1, 0.15) is 5.82 Å². The van der Waals surface area contributed by atoms with E-state index >= 15 is 0 Å². The highest BCUT2D eigenvalue weighted by Crippen LogP contribution is 2.35. The second-order valence-corrected chi connectivity index (χ2v) is 4.29. The maximum absolute atomic E-state index is 9.76. The van der Waals surface area contributed by atoms with Gasteiger partial charge in [-0.3, -0.25) is 0 Å². The van der Waals surface area contributed by atoms with Gasteiger partial charge in [0.15, 0.2) is 18.1 Å². The lowest BCUT2D eigenvalue weighted by molar-refractivity contribution is 0.287. The quantitative estimate of drug-likeness (QED) is 0.716. The van der Waals surface area contributed by atoms with Crippen LogP contribution in [0, 0.1) is 0 Å². The number of hydrogen-bond acceptors (Lipinski definition) is 6. The summed E-state index contributed by atoms with van der Waals surface area (Å²) in [6.45, 7) is 0.146.